The number of fused-ring (bicyclic) bond motifs is 1. The first-order valence-corrected chi connectivity index (χ1v) is 11.8. The quantitative estimate of drug-likeness (QED) is 0.510. The van der Waals surface area contributed by atoms with Gasteiger partial charge in [-0.05, 0) is 43.9 Å². The molecule has 1 saturated heterocycles. The fraction of sp³-hybridized carbons (Fsp3) is 0.500. The monoisotopic (exact) mass is 449 g/mol. The lowest BCUT2D eigenvalue weighted by Crippen LogP contribution is -2.36. The number of aromatic nitrogens is 4. The van der Waals surface area contributed by atoms with Gasteiger partial charge in [-0.25, -0.2) is 9.97 Å². The summed E-state index contributed by atoms with van der Waals surface area (Å²) in [7, 11) is 0. The number of amides is 1. The van der Waals surface area contributed by atoms with Gasteiger partial charge in [0.05, 0.1) is 25.1 Å². The van der Waals surface area contributed by atoms with Crippen molar-refractivity contribution >= 4 is 34.4 Å². The lowest BCUT2D eigenvalue weighted by Gasteiger charge is -2.27. The van der Waals surface area contributed by atoms with Crippen molar-refractivity contribution in [3.05, 3.63) is 36.3 Å². The number of anilines is 3. The smallest absolute Gasteiger partial charge is 0.229 e. The van der Waals surface area contributed by atoms with Crippen molar-refractivity contribution in [2.45, 2.75) is 39.2 Å². The highest BCUT2D eigenvalue weighted by Gasteiger charge is 2.24. The second kappa shape index (κ2) is 9.74. The largest absolute Gasteiger partial charge is 0.378 e. The highest BCUT2D eigenvalue weighted by molar-refractivity contribution is 5.81. The SMILES string of the molecule is Cc1cn(CCCNC(=O)C2CCC2)c2nc(Nc3ccc(N4CCOCC4)nc3)ncc12. The summed E-state index contributed by atoms with van der Waals surface area (Å²) in [6.07, 6.45) is 9.89. The minimum absolute atomic E-state index is 0.205. The van der Waals surface area contributed by atoms with Crippen molar-refractivity contribution in [2.75, 3.05) is 43.1 Å². The molecule has 0 spiro atoms. The summed E-state index contributed by atoms with van der Waals surface area (Å²) in [6.45, 7) is 6.75. The maximum Gasteiger partial charge on any atom is 0.229 e. The van der Waals surface area contributed by atoms with E-state index in [1.54, 1.807) is 0 Å². The number of carbonyl (C=O) groups excluding carboxylic acids is 1. The first-order chi connectivity index (χ1) is 16.2. The summed E-state index contributed by atoms with van der Waals surface area (Å²) in [5.41, 5.74) is 2.89. The van der Waals surface area contributed by atoms with Crippen LogP contribution in [0.4, 0.5) is 17.5 Å². The summed E-state index contributed by atoms with van der Waals surface area (Å²) < 4.78 is 7.55. The Hall–Kier alpha value is -3.20. The molecule has 2 N–H and O–H groups in total. The average Bonchev–Trinajstić information content (AvgIpc) is 3.11. The van der Waals surface area contributed by atoms with E-state index in [1.807, 2.05) is 24.5 Å². The van der Waals surface area contributed by atoms with E-state index >= 15 is 0 Å². The normalized spacial score (nSPS) is 16.6. The zero-order valence-electron chi connectivity index (χ0n) is 19.1. The van der Waals surface area contributed by atoms with Gasteiger partial charge in [-0.15, -0.1) is 0 Å². The van der Waals surface area contributed by atoms with Gasteiger partial charge in [0.1, 0.15) is 11.5 Å². The van der Waals surface area contributed by atoms with E-state index in [0.29, 0.717) is 12.5 Å². The summed E-state index contributed by atoms with van der Waals surface area (Å²) in [4.78, 5) is 28.1. The van der Waals surface area contributed by atoms with E-state index in [4.69, 9.17) is 9.72 Å². The number of aryl methyl sites for hydroxylation is 2. The van der Waals surface area contributed by atoms with Crippen molar-refractivity contribution < 1.29 is 9.53 Å². The van der Waals surface area contributed by atoms with Crippen molar-refractivity contribution in [3.8, 4) is 0 Å². The fourth-order valence-electron chi connectivity index (χ4n) is 4.31. The van der Waals surface area contributed by atoms with Crippen LogP contribution in [0.1, 0.15) is 31.2 Å². The first kappa shape index (κ1) is 21.6. The minimum atomic E-state index is 0.205. The highest BCUT2D eigenvalue weighted by atomic mass is 16.5. The van der Waals surface area contributed by atoms with Gasteiger partial charge in [-0.2, -0.15) is 4.98 Å². The van der Waals surface area contributed by atoms with Gasteiger partial charge in [0.15, 0.2) is 0 Å². The van der Waals surface area contributed by atoms with Gasteiger partial charge in [-0.1, -0.05) is 6.42 Å². The summed E-state index contributed by atoms with van der Waals surface area (Å²) in [5, 5.41) is 7.38. The van der Waals surface area contributed by atoms with Crippen LogP contribution >= 0.6 is 0 Å². The molecular weight excluding hydrogens is 418 g/mol. The second-order valence-corrected chi connectivity index (χ2v) is 8.84. The van der Waals surface area contributed by atoms with Crippen LogP contribution in [0.5, 0.6) is 0 Å². The fourth-order valence-corrected chi connectivity index (χ4v) is 4.31. The summed E-state index contributed by atoms with van der Waals surface area (Å²) in [5.74, 6) is 1.94. The Morgan fingerprint density at radius 2 is 2.03 bits per heavy atom. The molecule has 0 aromatic carbocycles. The Kier molecular flexibility index (Phi) is 6.39. The maximum absolute atomic E-state index is 12.0. The number of ether oxygens (including phenoxy) is 1. The Morgan fingerprint density at radius 3 is 2.76 bits per heavy atom. The molecule has 9 heteroatoms. The number of nitrogens with zero attached hydrogens (tertiary/aromatic N) is 5. The molecule has 0 atom stereocenters. The minimum Gasteiger partial charge on any atom is -0.378 e. The van der Waals surface area contributed by atoms with Gasteiger partial charge in [-0.3, -0.25) is 4.79 Å². The third-order valence-electron chi connectivity index (χ3n) is 6.51. The Morgan fingerprint density at radius 1 is 1.18 bits per heavy atom. The Balaban J connectivity index is 1.22. The van der Waals surface area contributed by atoms with Crippen LogP contribution in [0.3, 0.4) is 0 Å². The van der Waals surface area contributed by atoms with Crippen LogP contribution < -0.4 is 15.5 Å². The van der Waals surface area contributed by atoms with Crippen molar-refractivity contribution in [1.29, 1.82) is 0 Å². The third-order valence-corrected chi connectivity index (χ3v) is 6.51. The summed E-state index contributed by atoms with van der Waals surface area (Å²) >= 11 is 0. The Labute approximate surface area is 193 Å². The topological polar surface area (TPSA) is 97.2 Å². The molecule has 33 heavy (non-hydrogen) atoms. The molecule has 1 aliphatic carbocycles. The van der Waals surface area contributed by atoms with Gasteiger partial charge in [0, 0.05) is 49.9 Å². The number of morpholine rings is 1. The predicted molar refractivity (Wildman–Crippen MR) is 128 cm³/mol. The molecule has 4 heterocycles. The lowest BCUT2D eigenvalue weighted by atomic mass is 9.85. The molecule has 1 saturated carbocycles. The van der Waals surface area contributed by atoms with Crippen LogP contribution in [0, 0.1) is 12.8 Å². The van der Waals surface area contributed by atoms with Gasteiger partial charge in [0.25, 0.3) is 0 Å². The molecule has 5 rings (SSSR count). The standard InChI is InChI=1S/C24H31N7O2/c1-17-16-31(9-3-8-25-23(32)18-4-2-5-18)22-20(17)15-27-24(29-22)28-19-6-7-21(26-14-19)30-10-12-33-13-11-30/h6-7,14-16,18H,2-5,8-13H2,1H3,(H,25,32)(H,27,28,29). The van der Waals surface area contributed by atoms with E-state index in [2.05, 4.69) is 43.2 Å². The van der Waals surface area contributed by atoms with Crippen molar-refractivity contribution in [2.24, 2.45) is 5.92 Å². The molecule has 2 fully saturated rings. The van der Waals surface area contributed by atoms with Crippen molar-refractivity contribution in [3.63, 3.8) is 0 Å². The maximum atomic E-state index is 12.0. The third kappa shape index (κ3) is 4.93. The number of nitrogens with one attached hydrogen (secondary N) is 2. The summed E-state index contributed by atoms with van der Waals surface area (Å²) in [6, 6.07) is 4.01. The van der Waals surface area contributed by atoms with Crippen LogP contribution in [-0.2, 0) is 16.1 Å². The van der Waals surface area contributed by atoms with E-state index in [-0.39, 0.29) is 11.8 Å². The van der Waals surface area contributed by atoms with Crippen LogP contribution in [0.15, 0.2) is 30.7 Å². The molecule has 2 aliphatic rings. The molecule has 9 nitrogen and oxygen atoms in total. The van der Waals surface area contributed by atoms with Gasteiger partial charge >= 0.3 is 0 Å². The number of carbonyl (C=O) groups is 1. The zero-order valence-corrected chi connectivity index (χ0v) is 19.1. The molecule has 174 valence electrons. The molecule has 0 radical (unpaired) electrons. The molecule has 1 amide bonds. The van der Waals surface area contributed by atoms with Crippen LogP contribution in [0.25, 0.3) is 11.0 Å². The number of rotatable bonds is 8. The van der Waals surface area contributed by atoms with E-state index in [9.17, 15) is 4.79 Å². The van der Waals surface area contributed by atoms with Gasteiger partial charge < -0.3 is 24.8 Å². The average molecular weight is 450 g/mol. The number of hydrogen-bond donors (Lipinski definition) is 2. The molecule has 3 aromatic heterocycles. The Bertz CT molecular complexity index is 1100. The molecule has 0 unspecified atom stereocenters. The number of pyridine rings is 1. The van der Waals surface area contributed by atoms with Gasteiger partial charge in [0.2, 0.25) is 11.9 Å². The van der Waals surface area contributed by atoms with E-state index in [0.717, 1.165) is 80.2 Å². The van der Waals surface area contributed by atoms with E-state index < -0.39 is 0 Å². The predicted octanol–water partition coefficient (Wildman–Crippen LogP) is 3.02. The van der Waals surface area contributed by atoms with Crippen LogP contribution in [0.2, 0.25) is 0 Å². The molecule has 0 bridgehead atoms. The second-order valence-electron chi connectivity index (χ2n) is 8.84. The number of hydrogen-bond acceptors (Lipinski definition) is 7. The van der Waals surface area contributed by atoms with Crippen molar-refractivity contribution in [1.82, 2.24) is 24.8 Å². The molecule has 3 aromatic rings. The lowest BCUT2D eigenvalue weighted by molar-refractivity contribution is -0.127. The molecular formula is C24H31N7O2. The zero-order chi connectivity index (χ0) is 22.6. The first-order valence-electron chi connectivity index (χ1n) is 11.8. The molecule has 1 aliphatic heterocycles. The van der Waals surface area contributed by atoms with E-state index in [1.165, 1.54) is 6.42 Å². The van der Waals surface area contributed by atoms with Crippen LogP contribution in [-0.4, -0.2) is 58.3 Å². The highest BCUT2D eigenvalue weighted by Crippen LogP contribution is 2.26.